The number of pyridine rings is 1. The standard InChI is InChI=1S/C8H13N3O/c1-3-12-8-6(9)4-5-7(10-2)11-8/h4-5H,3,9H2,1-2H3,(H,10,11). The van der Waals surface area contributed by atoms with Crippen LogP contribution in [0.25, 0.3) is 0 Å². The Balaban J connectivity index is 2.91. The highest BCUT2D eigenvalue weighted by atomic mass is 16.5. The summed E-state index contributed by atoms with van der Waals surface area (Å²) in [5.74, 6) is 1.25. The van der Waals surface area contributed by atoms with Gasteiger partial charge < -0.3 is 15.8 Å². The first-order valence-electron chi connectivity index (χ1n) is 3.85. The summed E-state index contributed by atoms with van der Waals surface area (Å²) in [6.45, 7) is 2.47. The van der Waals surface area contributed by atoms with Crippen molar-refractivity contribution in [2.24, 2.45) is 0 Å². The summed E-state index contributed by atoms with van der Waals surface area (Å²) in [4.78, 5) is 4.12. The zero-order valence-corrected chi connectivity index (χ0v) is 7.29. The lowest BCUT2D eigenvalue weighted by Crippen LogP contribution is -2.01. The van der Waals surface area contributed by atoms with Crippen LogP contribution in [0.2, 0.25) is 0 Å². The van der Waals surface area contributed by atoms with Crippen LogP contribution in [0, 0.1) is 0 Å². The number of hydrogen-bond donors (Lipinski definition) is 2. The fourth-order valence-corrected chi connectivity index (χ4v) is 0.843. The van der Waals surface area contributed by atoms with E-state index in [4.69, 9.17) is 10.5 Å². The Bertz CT molecular complexity index is 262. The average Bonchev–Trinajstić information content (AvgIpc) is 2.09. The van der Waals surface area contributed by atoms with E-state index in [1.807, 2.05) is 6.92 Å². The molecule has 0 radical (unpaired) electrons. The van der Waals surface area contributed by atoms with Crippen LogP contribution in [0.1, 0.15) is 6.92 Å². The van der Waals surface area contributed by atoms with E-state index in [0.29, 0.717) is 18.2 Å². The van der Waals surface area contributed by atoms with Crippen molar-refractivity contribution in [2.45, 2.75) is 6.92 Å². The average molecular weight is 167 g/mol. The summed E-state index contributed by atoms with van der Waals surface area (Å²) in [7, 11) is 1.80. The van der Waals surface area contributed by atoms with Crippen molar-refractivity contribution in [3.8, 4) is 5.88 Å². The van der Waals surface area contributed by atoms with Crippen molar-refractivity contribution in [2.75, 3.05) is 24.7 Å². The Morgan fingerprint density at radius 3 is 2.92 bits per heavy atom. The van der Waals surface area contributed by atoms with Gasteiger partial charge in [-0.15, -0.1) is 0 Å². The maximum Gasteiger partial charge on any atom is 0.239 e. The summed E-state index contributed by atoms with van der Waals surface area (Å²) in [5.41, 5.74) is 6.18. The Morgan fingerprint density at radius 2 is 2.33 bits per heavy atom. The van der Waals surface area contributed by atoms with Crippen molar-refractivity contribution in [1.29, 1.82) is 0 Å². The first-order chi connectivity index (χ1) is 5.77. The van der Waals surface area contributed by atoms with E-state index in [9.17, 15) is 0 Å². The molecule has 0 aliphatic rings. The third kappa shape index (κ3) is 1.78. The van der Waals surface area contributed by atoms with E-state index >= 15 is 0 Å². The molecule has 0 atom stereocenters. The Morgan fingerprint density at radius 1 is 1.58 bits per heavy atom. The van der Waals surface area contributed by atoms with Gasteiger partial charge >= 0.3 is 0 Å². The van der Waals surface area contributed by atoms with Gasteiger partial charge in [0.05, 0.1) is 12.3 Å². The minimum atomic E-state index is 0.490. The van der Waals surface area contributed by atoms with Gasteiger partial charge in [-0.1, -0.05) is 0 Å². The van der Waals surface area contributed by atoms with Gasteiger partial charge in [-0.2, -0.15) is 4.98 Å². The monoisotopic (exact) mass is 167 g/mol. The van der Waals surface area contributed by atoms with Gasteiger partial charge in [-0.05, 0) is 19.1 Å². The number of nitrogens with two attached hydrogens (primary N) is 1. The molecule has 0 saturated carbocycles. The maximum absolute atomic E-state index is 5.61. The SMILES string of the molecule is CCOc1nc(NC)ccc1N. The second-order valence-electron chi connectivity index (χ2n) is 2.27. The summed E-state index contributed by atoms with van der Waals surface area (Å²) in [6, 6.07) is 3.57. The van der Waals surface area contributed by atoms with Crippen LogP contribution in [-0.2, 0) is 0 Å². The molecule has 12 heavy (non-hydrogen) atoms. The smallest absolute Gasteiger partial charge is 0.239 e. The molecule has 1 heterocycles. The number of nitrogens with one attached hydrogen (secondary N) is 1. The van der Waals surface area contributed by atoms with Crippen LogP contribution in [0.15, 0.2) is 12.1 Å². The van der Waals surface area contributed by atoms with Crippen LogP contribution < -0.4 is 15.8 Å². The Kier molecular flexibility index (Phi) is 2.74. The molecule has 1 aromatic rings. The highest BCUT2D eigenvalue weighted by Crippen LogP contribution is 2.20. The van der Waals surface area contributed by atoms with E-state index < -0.39 is 0 Å². The molecule has 0 aromatic carbocycles. The Labute approximate surface area is 71.7 Å². The highest BCUT2D eigenvalue weighted by Gasteiger charge is 2.01. The summed E-state index contributed by atoms with van der Waals surface area (Å²) in [6.07, 6.45) is 0. The first-order valence-corrected chi connectivity index (χ1v) is 3.85. The number of aromatic nitrogens is 1. The molecule has 0 saturated heterocycles. The molecule has 0 amide bonds. The van der Waals surface area contributed by atoms with Crippen LogP contribution >= 0.6 is 0 Å². The lowest BCUT2D eigenvalue weighted by molar-refractivity contribution is 0.329. The summed E-state index contributed by atoms with van der Waals surface area (Å²) in [5, 5.41) is 2.91. The summed E-state index contributed by atoms with van der Waals surface area (Å²) >= 11 is 0. The van der Waals surface area contributed by atoms with Crippen LogP contribution in [-0.4, -0.2) is 18.6 Å². The normalized spacial score (nSPS) is 9.50. The molecule has 0 bridgehead atoms. The van der Waals surface area contributed by atoms with Gasteiger partial charge in [0.2, 0.25) is 5.88 Å². The topological polar surface area (TPSA) is 60.2 Å². The predicted octanol–water partition coefficient (Wildman–Crippen LogP) is 1.10. The number of anilines is 2. The number of nitrogen functional groups attached to an aromatic ring is 1. The number of nitrogens with zero attached hydrogens (tertiary/aromatic N) is 1. The molecule has 0 aliphatic heterocycles. The van der Waals surface area contributed by atoms with Crippen LogP contribution in [0.3, 0.4) is 0 Å². The fraction of sp³-hybridized carbons (Fsp3) is 0.375. The van der Waals surface area contributed by atoms with Crippen LogP contribution in [0.4, 0.5) is 11.5 Å². The van der Waals surface area contributed by atoms with Gasteiger partial charge in [-0.3, -0.25) is 0 Å². The maximum atomic E-state index is 5.61. The van der Waals surface area contributed by atoms with E-state index in [0.717, 1.165) is 5.82 Å². The van der Waals surface area contributed by atoms with E-state index in [1.165, 1.54) is 0 Å². The zero-order chi connectivity index (χ0) is 8.97. The quantitative estimate of drug-likeness (QED) is 0.707. The molecule has 0 unspecified atom stereocenters. The van der Waals surface area contributed by atoms with Crippen molar-refractivity contribution in [1.82, 2.24) is 4.98 Å². The zero-order valence-electron chi connectivity index (χ0n) is 7.29. The van der Waals surface area contributed by atoms with E-state index in [-0.39, 0.29) is 0 Å². The van der Waals surface area contributed by atoms with Gasteiger partial charge in [-0.25, -0.2) is 0 Å². The first kappa shape index (κ1) is 8.64. The minimum Gasteiger partial charge on any atom is -0.476 e. The molecule has 1 aromatic heterocycles. The molecule has 66 valence electrons. The molecular formula is C8H13N3O. The lowest BCUT2D eigenvalue weighted by atomic mass is 10.4. The highest BCUT2D eigenvalue weighted by molar-refractivity contribution is 5.53. The number of hydrogen-bond acceptors (Lipinski definition) is 4. The second-order valence-corrected chi connectivity index (χ2v) is 2.27. The Hall–Kier alpha value is -1.45. The van der Waals surface area contributed by atoms with E-state index in [1.54, 1.807) is 19.2 Å². The fourth-order valence-electron chi connectivity index (χ4n) is 0.843. The molecule has 0 fully saturated rings. The molecular weight excluding hydrogens is 154 g/mol. The summed E-state index contributed by atoms with van der Waals surface area (Å²) < 4.78 is 5.20. The van der Waals surface area contributed by atoms with Gasteiger partial charge in [0.1, 0.15) is 5.82 Å². The largest absolute Gasteiger partial charge is 0.476 e. The van der Waals surface area contributed by atoms with Crippen molar-refractivity contribution >= 4 is 11.5 Å². The molecule has 4 nitrogen and oxygen atoms in total. The van der Waals surface area contributed by atoms with Gasteiger partial charge in [0, 0.05) is 7.05 Å². The molecule has 3 N–H and O–H groups in total. The molecule has 4 heteroatoms. The van der Waals surface area contributed by atoms with Gasteiger partial charge in [0.15, 0.2) is 0 Å². The lowest BCUT2D eigenvalue weighted by Gasteiger charge is -2.06. The van der Waals surface area contributed by atoms with E-state index in [2.05, 4.69) is 10.3 Å². The second kappa shape index (κ2) is 3.80. The van der Waals surface area contributed by atoms with Gasteiger partial charge in [0.25, 0.3) is 0 Å². The number of rotatable bonds is 3. The molecule has 0 aliphatic carbocycles. The predicted molar refractivity (Wildman–Crippen MR) is 49.4 cm³/mol. The molecule has 0 spiro atoms. The molecule has 1 rings (SSSR count). The van der Waals surface area contributed by atoms with Crippen LogP contribution in [0.5, 0.6) is 5.88 Å². The number of ether oxygens (including phenoxy) is 1. The minimum absolute atomic E-state index is 0.490. The van der Waals surface area contributed by atoms with Crippen molar-refractivity contribution in [3.05, 3.63) is 12.1 Å². The van der Waals surface area contributed by atoms with Crippen molar-refractivity contribution in [3.63, 3.8) is 0 Å². The van der Waals surface area contributed by atoms with Crippen molar-refractivity contribution < 1.29 is 4.74 Å². The third-order valence-electron chi connectivity index (χ3n) is 1.43. The third-order valence-corrected chi connectivity index (χ3v) is 1.43.